The number of aliphatic hydroxyl groups is 1. The average Bonchev–Trinajstić information content (AvgIpc) is 2.82. The van der Waals surface area contributed by atoms with E-state index in [9.17, 15) is 9.59 Å². The Morgan fingerprint density at radius 1 is 1.20 bits per heavy atom. The molecule has 1 aliphatic heterocycles. The van der Waals surface area contributed by atoms with Crippen molar-refractivity contribution in [1.82, 2.24) is 4.90 Å². The Labute approximate surface area is 122 Å². The van der Waals surface area contributed by atoms with E-state index in [0.29, 0.717) is 25.8 Å². The van der Waals surface area contributed by atoms with Gasteiger partial charge in [-0.3, -0.25) is 14.5 Å². The molecule has 0 saturated carbocycles. The molecule has 0 atom stereocenters. The normalized spacial score (nSPS) is 15.8. The van der Waals surface area contributed by atoms with E-state index in [1.54, 1.807) is 0 Å². The Kier molecular flexibility index (Phi) is 5.33. The van der Waals surface area contributed by atoms with Gasteiger partial charge in [-0.25, -0.2) is 0 Å². The number of likely N-dealkylation sites (tertiary alicyclic amines) is 1. The van der Waals surface area contributed by atoms with Crippen LogP contribution in [0.4, 0.5) is 0 Å². The lowest BCUT2D eigenvalue weighted by molar-refractivity contribution is -0.144. The van der Waals surface area contributed by atoms with Crippen LogP contribution in [0.5, 0.6) is 0 Å². The monoisotopic (exact) mass is 291 g/mol. The van der Waals surface area contributed by atoms with E-state index in [1.165, 1.54) is 16.2 Å². The maximum atomic E-state index is 11.9. The third-order valence-corrected chi connectivity index (χ3v) is 4.04. The largest absolute Gasteiger partial charge is 0.395 e. The van der Waals surface area contributed by atoms with Crippen LogP contribution in [0.1, 0.15) is 41.9 Å². The van der Waals surface area contributed by atoms with Crippen LogP contribution < -0.4 is 0 Å². The fourth-order valence-electron chi connectivity index (χ4n) is 2.03. The molecule has 2 amide bonds. The van der Waals surface area contributed by atoms with Crippen LogP contribution in [0.25, 0.3) is 0 Å². The fourth-order valence-corrected chi connectivity index (χ4v) is 2.90. The molecule has 0 bridgehead atoms. The SMILES string of the molecule is O=C1CCCCC(=O)N1Cc1ccc(C#CCCO)s1. The highest BCUT2D eigenvalue weighted by atomic mass is 32.1. The number of hydrogen-bond donors (Lipinski definition) is 1. The Morgan fingerprint density at radius 2 is 1.90 bits per heavy atom. The number of thiophene rings is 1. The summed E-state index contributed by atoms with van der Waals surface area (Å²) in [5.74, 6) is 5.67. The van der Waals surface area contributed by atoms with Crippen molar-refractivity contribution in [3.63, 3.8) is 0 Å². The molecule has 1 fully saturated rings. The predicted molar refractivity (Wildman–Crippen MR) is 76.9 cm³/mol. The molecule has 106 valence electrons. The Balaban J connectivity index is 2.04. The third kappa shape index (κ3) is 3.92. The van der Waals surface area contributed by atoms with E-state index in [-0.39, 0.29) is 18.4 Å². The fraction of sp³-hybridized carbons (Fsp3) is 0.467. The highest BCUT2D eigenvalue weighted by molar-refractivity contribution is 7.12. The molecule has 1 N–H and O–H groups in total. The molecule has 0 aliphatic carbocycles. The first-order chi connectivity index (χ1) is 9.70. The zero-order chi connectivity index (χ0) is 14.4. The molecule has 0 spiro atoms. The first-order valence-corrected chi connectivity index (χ1v) is 7.54. The Morgan fingerprint density at radius 3 is 2.55 bits per heavy atom. The van der Waals surface area contributed by atoms with Gasteiger partial charge in [-0.15, -0.1) is 11.3 Å². The van der Waals surface area contributed by atoms with Gasteiger partial charge in [0, 0.05) is 24.1 Å². The zero-order valence-electron chi connectivity index (χ0n) is 11.2. The van der Waals surface area contributed by atoms with Crippen molar-refractivity contribution >= 4 is 23.2 Å². The molecule has 1 saturated heterocycles. The summed E-state index contributed by atoms with van der Waals surface area (Å²) in [5.41, 5.74) is 0. The van der Waals surface area contributed by atoms with Crippen molar-refractivity contribution in [3.8, 4) is 11.8 Å². The van der Waals surface area contributed by atoms with E-state index < -0.39 is 0 Å². The minimum absolute atomic E-state index is 0.0576. The third-order valence-electron chi connectivity index (χ3n) is 3.06. The minimum atomic E-state index is -0.0752. The number of nitrogens with zero attached hydrogens (tertiary/aromatic N) is 1. The molecule has 1 aliphatic rings. The second-order valence-electron chi connectivity index (χ2n) is 4.62. The molecular formula is C15H17NO3S. The van der Waals surface area contributed by atoms with Gasteiger partial charge in [0.1, 0.15) is 0 Å². The van der Waals surface area contributed by atoms with Gasteiger partial charge in [-0.05, 0) is 25.0 Å². The van der Waals surface area contributed by atoms with Crippen LogP contribution in [-0.4, -0.2) is 28.4 Å². The van der Waals surface area contributed by atoms with Gasteiger partial charge in [0.25, 0.3) is 0 Å². The van der Waals surface area contributed by atoms with E-state index in [4.69, 9.17) is 5.11 Å². The predicted octanol–water partition coefficient (Wildman–Crippen LogP) is 1.91. The molecule has 1 aromatic heterocycles. The molecule has 2 heterocycles. The summed E-state index contributed by atoms with van der Waals surface area (Å²) in [6.07, 6.45) is 2.96. The molecule has 0 radical (unpaired) electrons. The minimum Gasteiger partial charge on any atom is -0.395 e. The number of hydrogen-bond acceptors (Lipinski definition) is 4. The second-order valence-corrected chi connectivity index (χ2v) is 5.79. The van der Waals surface area contributed by atoms with Gasteiger partial charge in [-0.2, -0.15) is 0 Å². The summed E-state index contributed by atoms with van der Waals surface area (Å²) in [6, 6.07) is 3.79. The summed E-state index contributed by atoms with van der Waals surface area (Å²) in [6.45, 7) is 0.409. The Hall–Kier alpha value is -1.64. The molecule has 0 aromatic carbocycles. The van der Waals surface area contributed by atoms with Crippen LogP contribution in [-0.2, 0) is 16.1 Å². The Bertz CT molecular complexity index is 535. The maximum absolute atomic E-state index is 11.9. The summed E-state index contributed by atoms with van der Waals surface area (Å²) in [5, 5.41) is 8.67. The van der Waals surface area contributed by atoms with Crippen LogP contribution in [0.15, 0.2) is 12.1 Å². The van der Waals surface area contributed by atoms with Crippen molar-refractivity contribution in [1.29, 1.82) is 0 Å². The summed E-state index contributed by atoms with van der Waals surface area (Å²) in [4.78, 5) is 27.0. The van der Waals surface area contributed by atoms with E-state index in [2.05, 4.69) is 11.8 Å². The van der Waals surface area contributed by atoms with Gasteiger partial charge in [0.2, 0.25) is 11.8 Å². The van der Waals surface area contributed by atoms with Crippen molar-refractivity contribution in [2.75, 3.05) is 6.61 Å². The van der Waals surface area contributed by atoms with Crippen LogP contribution in [0.3, 0.4) is 0 Å². The summed E-state index contributed by atoms with van der Waals surface area (Å²) in [7, 11) is 0. The van der Waals surface area contributed by atoms with E-state index in [0.717, 1.165) is 22.6 Å². The van der Waals surface area contributed by atoms with Crippen molar-refractivity contribution in [2.24, 2.45) is 0 Å². The van der Waals surface area contributed by atoms with Crippen molar-refractivity contribution < 1.29 is 14.7 Å². The van der Waals surface area contributed by atoms with Gasteiger partial charge < -0.3 is 5.11 Å². The topological polar surface area (TPSA) is 57.6 Å². The molecular weight excluding hydrogens is 274 g/mol. The summed E-state index contributed by atoms with van der Waals surface area (Å²) < 4.78 is 0. The zero-order valence-corrected chi connectivity index (χ0v) is 12.0. The number of rotatable bonds is 3. The quantitative estimate of drug-likeness (QED) is 0.683. The van der Waals surface area contributed by atoms with Crippen molar-refractivity contribution in [2.45, 2.75) is 38.6 Å². The lowest BCUT2D eigenvalue weighted by Gasteiger charge is -2.17. The molecule has 0 unspecified atom stereocenters. The average molecular weight is 291 g/mol. The van der Waals surface area contributed by atoms with E-state index >= 15 is 0 Å². The molecule has 20 heavy (non-hydrogen) atoms. The van der Waals surface area contributed by atoms with Crippen LogP contribution in [0.2, 0.25) is 0 Å². The standard InChI is InChI=1S/C15H17NO3S/c17-10-4-3-5-12-8-9-13(20-12)11-16-14(18)6-1-2-7-15(16)19/h8-9,17H,1-2,4,6-7,10-11H2. The van der Waals surface area contributed by atoms with Gasteiger partial charge >= 0.3 is 0 Å². The first-order valence-electron chi connectivity index (χ1n) is 6.72. The van der Waals surface area contributed by atoms with Crippen LogP contribution >= 0.6 is 11.3 Å². The second kappa shape index (κ2) is 7.22. The molecule has 2 rings (SSSR count). The number of carbonyl (C=O) groups excluding carboxylic acids is 2. The number of imide groups is 1. The highest BCUT2D eigenvalue weighted by Gasteiger charge is 2.24. The van der Waals surface area contributed by atoms with Gasteiger partial charge in [0.15, 0.2) is 0 Å². The van der Waals surface area contributed by atoms with Crippen LogP contribution in [0, 0.1) is 11.8 Å². The number of aliphatic hydroxyl groups excluding tert-OH is 1. The molecule has 1 aromatic rings. The van der Waals surface area contributed by atoms with E-state index in [1.807, 2.05) is 12.1 Å². The molecule has 4 nitrogen and oxygen atoms in total. The summed E-state index contributed by atoms with van der Waals surface area (Å²) >= 11 is 1.49. The lowest BCUT2D eigenvalue weighted by Crippen LogP contribution is -2.34. The number of amides is 2. The number of carbonyl (C=O) groups is 2. The lowest BCUT2D eigenvalue weighted by atomic mass is 10.2. The first kappa shape index (κ1) is 14.8. The van der Waals surface area contributed by atoms with Gasteiger partial charge in [0.05, 0.1) is 18.0 Å². The van der Waals surface area contributed by atoms with Crippen molar-refractivity contribution in [3.05, 3.63) is 21.9 Å². The smallest absolute Gasteiger partial charge is 0.229 e. The highest BCUT2D eigenvalue weighted by Crippen LogP contribution is 2.21. The van der Waals surface area contributed by atoms with Gasteiger partial charge in [-0.1, -0.05) is 11.8 Å². The maximum Gasteiger partial charge on any atom is 0.229 e. The molecule has 5 heteroatoms.